The minimum absolute atomic E-state index is 0.206. The molecule has 10 heteroatoms. The first-order valence-corrected chi connectivity index (χ1v) is 7.37. The van der Waals surface area contributed by atoms with Crippen LogP contribution in [0.5, 0.6) is 0 Å². The number of aromatic amines is 1. The maximum absolute atomic E-state index is 10.8. The summed E-state index contributed by atoms with van der Waals surface area (Å²) in [6.45, 7) is 2.83. The third kappa shape index (κ3) is 7.85. The summed E-state index contributed by atoms with van der Waals surface area (Å²) in [5, 5.41) is -0.959. The molecular weight excluding hydrogens is 272 g/mol. The molecule has 0 aliphatic heterocycles. The van der Waals surface area contributed by atoms with Crippen molar-refractivity contribution in [3.8, 4) is 0 Å². The lowest BCUT2D eigenvalue weighted by Gasteiger charge is -2.06. The van der Waals surface area contributed by atoms with Crippen LogP contribution in [0.1, 0.15) is 20.3 Å². The van der Waals surface area contributed by atoms with Gasteiger partial charge < -0.3 is 4.98 Å². The highest BCUT2D eigenvalue weighted by Gasteiger charge is 2.26. The Hall–Kier alpha value is -0.970. The van der Waals surface area contributed by atoms with Crippen LogP contribution in [0, 0.1) is 0 Å². The highest BCUT2D eigenvalue weighted by Crippen LogP contribution is 2.09. The molecule has 0 radical (unpaired) electrons. The van der Waals surface area contributed by atoms with Gasteiger partial charge in [-0.25, -0.2) is 4.98 Å². The van der Waals surface area contributed by atoms with Crippen molar-refractivity contribution in [2.24, 2.45) is 0 Å². The number of hydrogen-bond donors (Lipinski definition) is 2. The molecule has 100 valence electrons. The second-order valence-corrected chi connectivity index (χ2v) is 6.16. The van der Waals surface area contributed by atoms with Gasteiger partial charge in [0.1, 0.15) is 0 Å². The summed E-state index contributed by atoms with van der Waals surface area (Å²) >= 11 is 0. The van der Waals surface area contributed by atoms with E-state index in [2.05, 4.69) is 13.6 Å². The molecule has 0 bridgehead atoms. The first kappa shape index (κ1) is 16.0. The van der Waals surface area contributed by atoms with Crippen molar-refractivity contribution in [2.45, 2.75) is 25.5 Å². The highest BCUT2D eigenvalue weighted by molar-refractivity contribution is 7.97. The predicted octanol–water partition coefficient (Wildman–Crippen LogP) is 0.344. The summed E-state index contributed by atoms with van der Waals surface area (Å²) in [7, 11) is -9.13. The van der Waals surface area contributed by atoms with Gasteiger partial charge in [0, 0.05) is 12.4 Å². The largest absolute Gasteiger partial charge is 0.412 e. The van der Waals surface area contributed by atoms with E-state index < -0.39 is 25.8 Å². The van der Waals surface area contributed by atoms with Gasteiger partial charge in [0.15, 0.2) is 0 Å². The van der Waals surface area contributed by atoms with E-state index in [1.807, 2.05) is 0 Å². The molecular formula is C7H14N2O6S2. The summed E-state index contributed by atoms with van der Waals surface area (Å²) in [6, 6.07) is 0. The van der Waals surface area contributed by atoms with Crippen molar-refractivity contribution in [3.05, 3.63) is 18.7 Å². The third-order valence-electron chi connectivity index (χ3n) is 1.65. The Morgan fingerprint density at radius 3 is 2.24 bits per heavy atom. The van der Waals surface area contributed by atoms with E-state index in [-0.39, 0.29) is 6.42 Å². The molecule has 1 aromatic heterocycles. The van der Waals surface area contributed by atoms with Gasteiger partial charge in [-0.05, 0) is 13.3 Å². The number of aromatic nitrogens is 2. The van der Waals surface area contributed by atoms with E-state index in [1.54, 1.807) is 25.6 Å². The molecule has 8 nitrogen and oxygen atoms in total. The number of nitrogens with one attached hydrogen (secondary N) is 1. The highest BCUT2D eigenvalue weighted by atomic mass is 32.3. The molecule has 0 aliphatic carbocycles. The van der Waals surface area contributed by atoms with Crippen LogP contribution in [0.3, 0.4) is 0 Å². The van der Waals surface area contributed by atoms with Crippen molar-refractivity contribution in [3.63, 3.8) is 0 Å². The zero-order valence-electron chi connectivity index (χ0n) is 9.27. The van der Waals surface area contributed by atoms with Crippen LogP contribution in [0.15, 0.2) is 18.7 Å². The van der Waals surface area contributed by atoms with E-state index in [0.29, 0.717) is 0 Å². The SMILES string of the molecule is CCC(C)S(=O)(=O)OS(=O)(=O)O.c1c[nH]cn1. The quantitative estimate of drug-likeness (QED) is 0.764. The number of rotatable bonds is 4. The first-order valence-electron chi connectivity index (χ1n) is 4.54. The predicted molar refractivity (Wildman–Crippen MR) is 59.9 cm³/mol. The normalized spacial score (nSPS) is 13.6. The number of nitrogens with zero attached hydrogens (tertiary/aromatic N) is 1. The molecule has 0 aliphatic rings. The fraction of sp³-hybridized carbons (Fsp3) is 0.571. The second kappa shape index (κ2) is 6.69. The minimum atomic E-state index is -4.92. The number of H-pyrrole nitrogens is 1. The lowest BCUT2D eigenvalue weighted by Crippen LogP contribution is -2.22. The lowest BCUT2D eigenvalue weighted by molar-refractivity contribution is 0.379. The van der Waals surface area contributed by atoms with Crippen LogP contribution in [0.2, 0.25) is 0 Å². The molecule has 0 spiro atoms. The molecule has 1 aromatic rings. The zero-order valence-corrected chi connectivity index (χ0v) is 10.9. The molecule has 0 saturated carbocycles. The van der Waals surface area contributed by atoms with E-state index in [1.165, 1.54) is 6.92 Å². The van der Waals surface area contributed by atoms with E-state index in [9.17, 15) is 16.8 Å². The first-order chi connectivity index (χ1) is 7.69. The maximum Gasteiger partial charge on any atom is 0.412 e. The van der Waals surface area contributed by atoms with E-state index in [0.717, 1.165) is 0 Å². The third-order valence-corrected chi connectivity index (χ3v) is 4.42. The van der Waals surface area contributed by atoms with Crippen LogP contribution < -0.4 is 0 Å². The zero-order chi connectivity index (χ0) is 13.5. The van der Waals surface area contributed by atoms with Gasteiger partial charge in [0.25, 0.3) is 10.1 Å². The molecule has 1 heterocycles. The van der Waals surface area contributed by atoms with Crippen LogP contribution in [-0.2, 0) is 24.1 Å². The molecule has 1 rings (SSSR count). The number of imidazole rings is 1. The molecule has 2 N–H and O–H groups in total. The Morgan fingerprint density at radius 2 is 2.00 bits per heavy atom. The Kier molecular flexibility index (Phi) is 6.31. The fourth-order valence-corrected chi connectivity index (χ4v) is 2.51. The average Bonchev–Trinajstić information content (AvgIpc) is 2.70. The molecule has 0 amide bonds. The van der Waals surface area contributed by atoms with Gasteiger partial charge in [-0.1, -0.05) is 6.92 Å². The Bertz CT molecular complexity index is 475. The summed E-state index contributed by atoms with van der Waals surface area (Å²) in [4.78, 5) is 6.42. The molecule has 1 atom stereocenters. The lowest BCUT2D eigenvalue weighted by atomic mass is 10.4. The van der Waals surface area contributed by atoms with Crippen molar-refractivity contribution in [2.75, 3.05) is 0 Å². The minimum Gasteiger partial charge on any atom is -0.351 e. The molecule has 0 aromatic carbocycles. The van der Waals surface area contributed by atoms with Gasteiger partial charge in [0.05, 0.1) is 11.6 Å². The fourth-order valence-electron chi connectivity index (χ4n) is 0.606. The Morgan fingerprint density at radius 1 is 1.41 bits per heavy atom. The smallest absolute Gasteiger partial charge is 0.351 e. The summed E-state index contributed by atoms with van der Waals surface area (Å²) in [6.07, 6.45) is 5.29. The van der Waals surface area contributed by atoms with Crippen LogP contribution >= 0.6 is 0 Å². The summed E-state index contributed by atoms with van der Waals surface area (Å²) in [5.41, 5.74) is 0. The van der Waals surface area contributed by atoms with Gasteiger partial charge >= 0.3 is 10.4 Å². The van der Waals surface area contributed by atoms with Gasteiger partial charge in [0.2, 0.25) is 0 Å². The summed E-state index contributed by atoms with van der Waals surface area (Å²) < 4.78 is 53.2. The van der Waals surface area contributed by atoms with Crippen molar-refractivity contribution < 1.29 is 25.0 Å². The van der Waals surface area contributed by atoms with Crippen LogP contribution in [-0.4, -0.2) is 36.6 Å². The van der Waals surface area contributed by atoms with Gasteiger partial charge in [-0.15, -0.1) is 3.63 Å². The average molecular weight is 286 g/mol. The van der Waals surface area contributed by atoms with E-state index in [4.69, 9.17) is 4.55 Å². The van der Waals surface area contributed by atoms with Crippen LogP contribution in [0.25, 0.3) is 0 Å². The van der Waals surface area contributed by atoms with Gasteiger partial charge in [-0.3, -0.25) is 4.55 Å². The standard InChI is InChI=1S/C4H10O6S2.C3H4N2/c1-3-4(2)11(5,6)10-12(7,8)9;1-2-5-3-4-1/h4H,3H2,1-2H3,(H,7,8,9);1-3H,(H,4,5). The van der Waals surface area contributed by atoms with Crippen molar-refractivity contribution in [1.29, 1.82) is 0 Å². The molecule has 0 fully saturated rings. The van der Waals surface area contributed by atoms with Gasteiger partial charge in [-0.2, -0.15) is 16.8 Å². The molecule has 0 saturated heterocycles. The topological polar surface area (TPSA) is 126 Å². The number of hydrogen-bond acceptors (Lipinski definition) is 6. The van der Waals surface area contributed by atoms with Crippen molar-refractivity contribution in [1.82, 2.24) is 9.97 Å². The second-order valence-electron chi connectivity index (χ2n) is 2.97. The Labute approximate surface area is 100 Å². The molecule has 1 unspecified atom stereocenters. The van der Waals surface area contributed by atoms with E-state index >= 15 is 0 Å². The monoisotopic (exact) mass is 286 g/mol. The van der Waals surface area contributed by atoms with Crippen molar-refractivity contribution >= 4 is 20.5 Å². The molecule has 17 heavy (non-hydrogen) atoms. The summed E-state index contributed by atoms with van der Waals surface area (Å²) in [5.74, 6) is 0. The Balaban J connectivity index is 0.000000419. The van der Waals surface area contributed by atoms with Crippen LogP contribution in [0.4, 0.5) is 0 Å². The maximum atomic E-state index is 10.8.